The van der Waals surface area contributed by atoms with Crippen LogP contribution in [0.3, 0.4) is 0 Å². The van der Waals surface area contributed by atoms with E-state index in [0.29, 0.717) is 31.0 Å². The second kappa shape index (κ2) is 6.50. The van der Waals surface area contributed by atoms with Gasteiger partial charge in [-0.25, -0.2) is 0 Å². The molecule has 1 aromatic carbocycles. The number of nitrogens with one attached hydrogen (secondary N) is 1. The van der Waals surface area contributed by atoms with E-state index in [0.717, 1.165) is 4.47 Å². The average molecular weight is 287 g/mol. The number of hydrogen-bond acceptors (Lipinski definition) is 3. The highest BCUT2D eigenvalue weighted by atomic mass is 79.9. The number of carbonyl (C=O) groups is 1. The molecule has 4 nitrogen and oxygen atoms in total. The van der Waals surface area contributed by atoms with E-state index in [1.54, 1.807) is 18.2 Å². The standard InChI is InChI=1S/C11H15BrN2O2/c1-2-16-6-5-14-11(15)9-7-8(12)3-4-10(9)13/h3-4,7H,2,5-6,13H2,1H3,(H,14,15). The maximum atomic E-state index is 11.7. The number of nitrogen functional groups attached to an aromatic ring is 1. The van der Waals surface area contributed by atoms with Gasteiger partial charge in [-0.15, -0.1) is 0 Å². The van der Waals surface area contributed by atoms with Gasteiger partial charge in [-0.2, -0.15) is 0 Å². The smallest absolute Gasteiger partial charge is 0.253 e. The zero-order valence-electron chi connectivity index (χ0n) is 9.13. The summed E-state index contributed by atoms with van der Waals surface area (Å²) in [6.07, 6.45) is 0. The number of anilines is 1. The Balaban J connectivity index is 2.55. The number of carbonyl (C=O) groups excluding carboxylic acids is 1. The van der Waals surface area contributed by atoms with E-state index < -0.39 is 0 Å². The maximum Gasteiger partial charge on any atom is 0.253 e. The molecule has 5 heteroatoms. The first-order valence-electron chi connectivity index (χ1n) is 5.06. The first-order chi connectivity index (χ1) is 7.65. The summed E-state index contributed by atoms with van der Waals surface area (Å²) in [7, 11) is 0. The van der Waals surface area contributed by atoms with E-state index in [9.17, 15) is 4.79 Å². The van der Waals surface area contributed by atoms with Crippen molar-refractivity contribution in [3.05, 3.63) is 28.2 Å². The predicted octanol–water partition coefficient (Wildman–Crippen LogP) is 1.80. The molecule has 0 aliphatic heterocycles. The number of ether oxygens (including phenoxy) is 1. The number of hydrogen-bond donors (Lipinski definition) is 2. The summed E-state index contributed by atoms with van der Waals surface area (Å²) < 4.78 is 5.95. The van der Waals surface area contributed by atoms with Crippen LogP contribution in [0.15, 0.2) is 22.7 Å². The molecule has 0 aromatic heterocycles. The van der Waals surface area contributed by atoms with Gasteiger partial charge in [0.15, 0.2) is 0 Å². The van der Waals surface area contributed by atoms with Crippen molar-refractivity contribution in [3.8, 4) is 0 Å². The van der Waals surface area contributed by atoms with Crippen LogP contribution < -0.4 is 11.1 Å². The Morgan fingerprint density at radius 2 is 2.31 bits per heavy atom. The van der Waals surface area contributed by atoms with Crippen molar-refractivity contribution < 1.29 is 9.53 Å². The third-order valence-electron chi connectivity index (χ3n) is 2.00. The Hall–Kier alpha value is -1.07. The number of amides is 1. The molecule has 0 fully saturated rings. The number of benzene rings is 1. The van der Waals surface area contributed by atoms with E-state index in [4.69, 9.17) is 10.5 Å². The van der Waals surface area contributed by atoms with Crippen molar-refractivity contribution in [1.82, 2.24) is 5.32 Å². The van der Waals surface area contributed by atoms with Crippen LogP contribution in [0.25, 0.3) is 0 Å². The molecular weight excluding hydrogens is 272 g/mol. The van der Waals surface area contributed by atoms with E-state index >= 15 is 0 Å². The molecule has 1 rings (SSSR count). The highest BCUT2D eigenvalue weighted by Crippen LogP contribution is 2.18. The zero-order valence-corrected chi connectivity index (χ0v) is 10.7. The van der Waals surface area contributed by atoms with Crippen LogP contribution in [-0.4, -0.2) is 25.7 Å². The summed E-state index contributed by atoms with van der Waals surface area (Å²) in [5, 5.41) is 2.74. The molecule has 0 bridgehead atoms. The van der Waals surface area contributed by atoms with Crippen molar-refractivity contribution in [2.45, 2.75) is 6.92 Å². The van der Waals surface area contributed by atoms with Crippen LogP contribution in [0.1, 0.15) is 17.3 Å². The second-order valence-corrected chi connectivity index (χ2v) is 4.10. The molecule has 1 amide bonds. The Labute approximate surface area is 103 Å². The maximum absolute atomic E-state index is 11.7. The van der Waals surface area contributed by atoms with Gasteiger partial charge >= 0.3 is 0 Å². The van der Waals surface area contributed by atoms with Crippen LogP contribution in [0, 0.1) is 0 Å². The van der Waals surface area contributed by atoms with E-state index in [1.165, 1.54) is 0 Å². The predicted molar refractivity (Wildman–Crippen MR) is 67.4 cm³/mol. The van der Waals surface area contributed by atoms with Crippen LogP contribution in [0.2, 0.25) is 0 Å². The Bertz CT molecular complexity index is 369. The van der Waals surface area contributed by atoms with Gasteiger partial charge in [0, 0.05) is 23.3 Å². The molecule has 3 N–H and O–H groups in total. The van der Waals surface area contributed by atoms with Crippen molar-refractivity contribution in [3.63, 3.8) is 0 Å². The van der Waals surface area contributed by atoms with Gasteiger partial charge < -0.3 is 15.8 Å². The lowest BCUT2D eigenvalue weighted by atomic mass is 10.1. The minimum absolute atomic E-state index is 0.182. The Morgan fingerprint density at radius 1 is 1.56 bits per heavy atom. The van der Waals surface area contributed by atoms with Gasteiger partial charge in [-0.1, -0.05) is 15.9 Å². The van der Waals surface area contributed by atoms with Gasteiger partial charge in [0.2, 0.25) is 0 Å². The molecule has 16 heavy (non-hydrogen) atoms. The molecule has 0 spiro atoms. The summed E-state index contributed by atoms with van der Waals surface area (Å²) in [6.45, 7) is 3.55. The minimum atomic E-state index is -0.182. The second-order valence-electron chi connectivity index (χ2n) is 3.18. The Kier molecular flexibility index (Phi) is 5.28. The quantitative estimate of drug-likeness (QED) is 0.641. The SMILES string of the molecule is CCOCCNC(=O)c1cc(Br)ccc1N. The lowest BCUT2D eigenvalue weighted by Crippen LogP contribution is -2.27. The molecule has 0 unspecified atom stereocenters. The molecule has 0 atom stereocenters. The summed E-state index contributed by atoms with van der Waals surface area (Å²) >= 11 is 3.30. The first-order valence-corrected chi connectivity index (χ1v) is 5.85. The number of halogens is 1. The molecule has 0 saturated heterocycles. The van der Waals surface area contributed by atoms with Crippen LogP contribution in [0.4, 0.5) is 5.69 Å². The minimum Gasteiger partial charge on any atom is -0.398 e. The molecule has 0 saturated carbocycles. The summed E-state index contributed by atoms with van der Waals surface area (Å²) in [5.41, 5.74) is 6.66. The number of rotatable bonds is 5. The topological polar surface area (TPSA) is 64.3 Å². The molecular formula is C11H15BrN2O2. The van der Waals surface area contributed by atoms with Crippen LogP contribution in [-0.2, 0) is 4.74 Å². The largest absolute Gasteiger partial charge is 0.398 e. The summed E-state index contributed by atoms with van der Waals surface area (Å²) in [5.74, 6) is -0.182. The van der Waals surface area contributed by atoms with Crippen molar-refractivity contribution >= 4 is 27.5 Å². The lowest BCUT2D eigenvalue weighted by molar-refractivity contribution is 0.0923. The molecule has 0 heterocycles. The normalized spacial score (nSPS) is 10.1. The van der Waals surface area contributed by atoms with Crippen molar-refractivity contribution in [2.24, 2.45) is 0 Å². The summed E-state index contributed by atoms with van der Waals surface area (Å²) in [6, 6.07) is 5.19. The van der Waals surface area contributed by atoms with Gasteiger partial charge in [0.25, 0.3) is 5.91 Å². The molecule has 0 radical (unpaired) electrons. The fourth-order valence-corrected chi connectivity index (χ4v) is 1.56. The molecule has 1 aromatic rings. The summed E-state index contributed by atoms with van der Waals surface area (Å²) in [4.78, 5) is 11.7. The van der Waals surface area contributed by atoms with Gasteiger partial charge in [-0.05, 0) is 25.1 Å². The van der Waals surface area contributed by atoms with E-state index in [1.807, 2.05) is 6.92 Å². The van der Waals surface area contributed by atoms with E-state index in [2.05, 4.69) is 21.2 Å². The third kappa shape index (κ3) is 3.83. The van der Waals surface area contributed by atoms with Crippen molar-refractivity contribution in [1.29, 1.82) is 0 Å². The van der Waals surface area contributed by atoms with Gasteiger partial charge in [0.1, 0.15) is 0 Å². The zero-order chi connectivity index (χ0) is 12.0. The highest BCUT2D eigenvalue weighted by molar-refractivity contribution is 9.10. The van der Waals surface area contributed by atoms with Crippen LogP contribution in [0.5, 0.6) is 0 Å². The average Bonchev–Trinajstić information content (AvgIpc) is 2.27. The number of nitrogens with two attached hydrogens (primary N) is 1. The van der Waals surface area contributed by atoms with Gasteiger partial charge in [0.05, 0.1) is 12.2 Å². The van der Waals surface area contributed by atoms with Crippen molar-refractivity contribution in [2.75, 3.05) is 25.5 Å². The van der Waals surface area contributed by atoms with Crippen LogP contribution >= 0.6 is 15.9 Å². The molecule has 0 aliphatic rings. The first kappa shape index (κ1) is 13.0. The van der Waals surface area contributed by atoms with Gasteiger partial charge in [-0.3, -0.25) is 4.79 Å². The Morgan fingerprint density at radius 3 is 3.00 bits per heavy atom. The molecule has 88 valence electrons. The molecule has 0 aliphatic carbocycles. The third-order valence-corrected chi connectivity index (χ3v) is 2.49. The monoisotopic (exact) mass is 286 g/mol. The van der Waals surface area contributed by atoms with E-state index in [-0.39, 0.29) is 5.91 Å². The fourth-order valence-electron chi connectivity index (χ4n) is 1.20. The fraction of sp³-hybridized carbons (Fsp3) is 0.364. The highest BCUT2D eigenvalue weighted by Gasteiger charge is 2.09. The lowest BCUT2D eigenvalue weighted by Gasteiger charge is -2.07.